The summed E-state index contributed by atoms with van der Waals surface area (Å²) in [5.41, 5.74) is 0.0490. The van der Waals surface area contributed by atoms with Crippen LogP contribution in [0.5, 0.6) is 0 Å². The first-order valence-corrected chi connectivity index (χ1v) is 7.13. The summed E-state index contributed by atoms with van der Waals surface area (Å²) < 4.78 is 5.35. The standard InChI is InChI=1S/C17H26O3/c1-11-9-8-10-17(7,14(11)18)13(3)12(2)15(19)20-16(4,5)6/h9,13H,2,8,10H2,1,3-7H3. The average molecular weight is 278 g/mol. The topological polar surface area (TPSA) is 43.4 Å². The third kappa shape index (κ3) is 3.38. The molecule has 0 amide bonds. The van der Waals surface area contributed by atoms with E-state index >= 15 is 0 Å². The Morgan fingerprint density at radius 1 is 1.45 bits per heavy atom. The highest BCUT2D eigenvalue weighted by Gasteiger charge is 2.43. The summed E-state index contributed by atoms with van der Waals surface area (Å²) in [6, 6.07) is 0. The van der Waals surface area contributed by atoms with Crippen molar-refractivity contribution in [3.05, 3.63) is 23.8 Å². The molecule has 2 unspecified atom stereocenters. The van der Waals surface area contributed by atoms with E-state index in [-0.39, 0.29) is 11.7 Å². The van der Waals surface area contributed by atoms with Crippen molar-refractivity contribution in [1.82, 2.24) is 0 Å². The van der Waals surface area contributed by atoms with E-state index in [2.05, 4.69) is 6.58 Å². The van der Waals surface area contributed by atoms with Gasteiger partial charge in [0, 0.05) is 16.9 Å². The van der Waals surface area contributed by atoms with Gasteiger partial charge in [-0.1, -0.05) is 26.5 Å². The Bertz CT molecular complexity index is 465. The Hall–Kier alpha value is -1.38. The number of carbonyl (C=O) groups is 2. The van der Waals surface area contributed by atoms with Gasteiger partial charge in [-0.15, -0.1) is 0 Å². The summed E-state index contributed by atoms with van der Waals surface area (Å²) in [5.74, 6) is -0.527. The molecular formula is C17H26O3. The van der Waals surface area contributed by atoms with E-state index < -0.39 is 17.0 Å². The summed E-state index contributed by atoms with van der Waals surface area (Å²) >= 11 is 0. The Kier molecular flexibility index (Phi) is 4.62. The number of allylic oxidation sites excluding steroid dienone is 2. The predicted molar refractivity (Wildman–Crippen MR) is 80.3 cm³/mol. The van der Waals surface area contributed by atoms with Gasteiger partial charge in [-0.2, -0.15) is 0 Å². The van der Waals surface area contributed by atoms with Crippen LogP contribution in [0.25, 0.3) is 0 Å². The highest BCUT2D eigenvalue weighted by atomic mass is 16.6. The van der Waals surface area contributed by atoms with Gasteiger partial charge in [0.1, 0.15) is 5.60 Å². The first-order chi connectivity index (χ1) is 8.99. The first-order valence-electron chi connectivity index (χ1n) is 7.13. The Morgan fingerprint density at radius 3 is 2.50 bits per heavy atom. The van der Waals surface area contributed by atoms with Gasteiger partial charge in [0.15, 0.2) is 5.78 Å². The first kappa shape index (κ1) is 16.7. The van der Waals surface area contributed by atoms with Crippen LogP contribution in [0.2, 0.25) is 0 Å². The summed E-state index contributed by atoms with van der Waals surface area (Å²) in [6.07, 6.45) is 3.57. The lowest BCUT2D eigenvalue weighted by Crippen LogP contribution is -2.40. The maximum absolute atomic E-state index is 12.4. The number of rotatable bonds is 3. The molecule has 0 aromatic heterocycles. The van der Waals surface area contributed by atoms with Crippen LogP contribution in [-0.4, -0.2) is 17.4 Å². The molecule has 112 valence electrons. The number of ether oxygens (including phenoxy) is 1. The van der Waals surface area contributed by atoms with Crippen molar-refractivity contribution in [2.45, 2.75) is 60.0 Å². The Labute approximate surface area is 122 Å². The lowest BCUT2D eigenvalue weighted by atomic mass is 9.65. The van der Waals surface area contributed by atoms with E-state index in [1.54, 1.807) is 0 Å². The van der Waals surface area contributed by atoms with Gasteiger partial charge in [-0.05, 0) is 46.1 Å². The van der Waals surface area contributed by atoms with Crippen molar-refractivity contribution >= 4 is 11.8 Å². The van der Waals surface area contributed by atoms with Crippen LogP contribution in [0.1, 0.15) is 54.4 Å². The summed E-state index contributed by atoms with van der Waals surface area (Å²) in [6.45, 7) is 15.0. The average Bonchev–Trinajstić information content (AvgIpc) is 2.32. The normalized spacial score (nSPS) is 24.9. The molecule has 0 bridgehead atoms. The molecule has 1 rings (SSSR count). The molecule has 0 aliphatic heterocycles. The molecular weight excluding hydrogens is 252 g/mol. The molecule has 0 aromatic rings. The number of hydrogen-bond acceptors (Lipinski definition) is 3. The largest absolute Gasteiger partial charge is 0.457 e. The lowest BCUT2D eigenvalue weighted by Gasteiger charge is -2.37. The number of carbonyl (C=O) groups excluding carboxylic acids is 2. The van der Waals surface area contributed by atoms with Crippen molar-refractivity contribution in [2.24, 2.45) is 11.3 Å². The van der Waals surface area contributed by atoms with Crippen molar-refractivity contribution < 1.29 is 14.3 Å². The van der Waals surface area contributed by atoms with Gasteiger partial charge in [-0.3, -0.25) is 4.79 Å². The van der Waals surface area contributed by atoms with Crippen molar-refractivity contribution in [2.75, 3.05) is 0 Å². The third-order valence-electron chi connectivity index (χ3n) is 4.13. The molecule has 20 heavy (non-hydrogen) atoms. The zero-order valence-electron chi connectivity index (χ0n) is 13.5. The second-order valence-electron chi connectivity index (χ2n) is 6.92. The minimum absolute atomic E-state index is 0.112. The maximum Gasteiger partial charge on any atom is 0.334 e. The molecule has 0 spiro atoms. The van der Waals surface area contributed by atoms with Gasteiger partial charge in [0.2, 0.25) is 0 Å². The van der Waals surface area contributed by atoms with Gasteiger partial charge >= 0.3 is 5.97 Å². The predicted octanol–water partition coefficient (Wildman–Crippen LogP) is 3.84. The molecule has 0 radical (unpaired) electrons. The number of hydrogen-bond donors (Lipinski definition) is 0. The van der Waals surface area contributed by atoms with Crippen LogP contribution in [0, 0.1) is 11.3 Å². The fourth-order valence-electron chi connectivity index (χ4n) is 2.56. The summed E-state index contributed by atoms with van der Waals surface area (Å²) in [4.78, 5) is 24.6. The van der Waals surface area contributed by atoms with Crippen molar-refractivity contribution in [3.63, 3.8) is 0 Å². The monoisotopic (exact) mass is 278 g/mol. The minimum atomic E-state index is -0.563. The van der Waals surface area contributed by atoms with Crippen molar-refractivity contribution in [3.8, 4) is 0 Å². The quantitative estimate of drug-likeness (QED) is 0.582. The molecule has 0 saturated heterocycles. The zero-order valence-corrected chi connectivity index (χ0v) is 13.5. The number of esters is 1. The van der Waals surface area contributed by atoms with Crippen molar-refractivity contribution in [1.29, 1.82) is 0 Å². The SMILES string of the molecule is C=C(C(=O)OC(C)(C)C)C(C)C1(C)CCC=C(C)C1=O. The van der Waals surface area contributed by atoms with Gasteiger partial charge in [-0.25, -0.2) is 4.79 Å². The van der Waals surface area contributed by atoms with Crippen LogP contribution < -0.4 is 0 Å². The molecule has 3 nitrogen and oxygen atoms in total. The summed E-state index contributed by atoms with van der Waals surface area (Å²) in [7, 11) is 0. The molecule has 2 atom stereocenters. The molecule has 0 saturated carbocycles. The van der Waals surface area contributed by atoms with Crippen LogP contribution in [0.4, 0.5) is 0 Å². The Morgan fingerprint density at radius 2 is 2.00 bits per heavy atom. The molecule has 1 aliphatic carbocycles. The highest BCUT2D eigenvalue weighted by Crippen LogP contribution is 2.42. The molecule has 0 heterocycles. The van der Waals surface area contributed by atoms with E-state index in [0.717, 1.165) is 18.4 Å². The fraction of sp³-hybridized carbons (Fsp3) is 0.647. The molecule has 0 N–H and O–H groups in total. The van der Waals surface area contributed by atoms with E-state index in [1.165, 1.54) is 0 Å². The minimum Gasteiger partial charge on any atom is -0.457 e. The van der Waals surface area contributed by atoms with Crippen LogP contribution in [-0.2, 0) is 14.3 Å². The van der Waals surface area contributed by atoms with E-state index in [4.69, 9.17) is 4.74 Å². The highest BCUT2D eigenvalue weighted by molar-refractivity contribution is 6.01. The van der Waals surface area contributed by atoms with Gasteiger partial charge in [0.05, 0.1) is 0 Å². The number of Topliss-reactive ketones (excluding diaryl/α,β-unsaturated/α-hetero) is 1. The smallest absolute Gasteiger partial charge is 0.334 e. The second kappa shape index (κ2) is 5.55. The second-order valence-corrected chi connectivity index (χ2v) is 6.92. The lowest BCUT2D eigenvalue weighted by molar-refractivity contribution is -0.151. The van der Waals surface area contributed by atoms with Crippen LogP contribution in [0.3, 0.4) is 0 Å². The van der Waals surface area contributed by atoms with Crippen LogP contribution in [0.15, 0.2) is 23.8 Å². The van der Waals surface area contributed by atoms with Gasteiger partial charge in [0.25, 0.3) is 0 Å². The molecule has 0 aromatic carbocycles. The van der Waals surface area contributed by atoms with E-state index in [0.29, 0.717) is 5.57 Å². The molecule has 1 aliphatic rings. The van der Waals surface area contributed by atoms with E-state index in [9.17, 15) is 9.59 Å². The third-order valence-corrected chi connectivity index (χ3v) is 4.13. The zero-order chi connectivity index (χ0) is 15.7. The van der Waals surface area contributed by atoms with E-state index in [1.807, 2.05) is 47.6 Å². The molecule has 3 heteroatoms. The summed E-state index contributed by atoms with van der Waals surface area (Å²) in [5, 5.41) is 0. The fourth-order valence-corrected chi connectivity index (χ4v) is 2.56. The maximum atomic E-state index is 12.4. The van der Waals surface area contributed by atoms with Crippen LogP contribution >= 0.6 is 0 Å². The Balaban J connectivity index is 2.92. The number of ketones is 1. The molecule has 0 fully saturated rings. The van der Waals surface area contributed by atoms with Gasteiger partial charge < -0.3 is 4.74 Å².